The second-order valence-electron chi connectivity index (χ2n) is 5.53. The summed E-state index contributed by atoms with van der Waals surface area (Å²) in [5.41, 5.74) is 2.35. The Morgan fingerprint density at radius 3 is 2.43 bits per heavy atom. The molecule has 0 saturated heterocycles. The van der Waals surface area contributed by atoms with Crippen molar-refractivity contribution < 1.29 is 14.7 Å². The van der Waals surface area contributed by atoms with Crippen LogP contribution in [0, 0.1) is 12.8 Å². The van der Waals surface area contributed by atoms with Gasteiger partial charge in [0, 0.05) is 24.9 Å². The van der Waals surface area contributed by atoms with Crippen LogP contribution in [0.2, 0.25) is 0 Å². The Balaban J connectivity index is 0.000000232. The number of para-hydroxylation sites is 1. The molecule has 2 atom stereocenters. The number of amides is 1. The molecule has 2 rings (SSSR count). The van der Waals surface area contributed by atoms with E-state index in [0.29, 0.717) is 0 Å². The molecule has 2 N–H and O–H groups in total. The first-order valence-electron chi connectivity index (χ1n) is 7.70. The van der Waals surface area contributed by atoms with Gasteiger partial charge in [-0.3, -0.25) is 14.3 Å². The Kier molecular flexibility index (Phi) is 6.75. The average Bonchev–Trinajstić information content (AvgIpc) is 2.83. The maximum absolute atomic E-state index is 10.5. The van der Waals surface area contributed by atoms with Gasteiger partial charge in [0.05, 0.1) is 17.1 Å². The standard InChI is InChI=1S/C10H12N2.C7H13NO3/c1-3-12-10-7-5-4-6-9(10)8(2)11-12;1-4(7(10)11)5(2)8-6(3)9/h4-7H,3H2,1-2H3;4-5H,1-3H3,(H,8,9)(H,10,11). The number of carboxylic acid groups (broad SMARTS) is 1. The summed E-state index contributed by atoms with van der Waals surface area (Å²) in [6, 6.07) is 8.01. The molecule has 0 fully saturated rings. The summed E-state index contributed by atoms with van der Waals surface area (Å²) in [6.45, 7) is 9.69. The maximum atomic E-state index is 10.5. The van der Waals surface area contributed by atoms with Gasteiger partial charge in [0.25, 0.3) is 0 Å². The molecule has 0 bridgehead atoms. The van der Waals surface area contributed by atoms with Crippen LogP contribution in [0.3, 0.4) is 0 Å². The van der Waals surface area contributed by atoms with Gasteiger partial charge in [-0.2, -0.15) is 5.10 Å². The molecule has 0 aliphatic rings. The summed E-state index contributed by atoms with van der Waals surface area (Å²) >= 11 is 0. The highest BCUT2D eigenvalue weighted by molar-refractivity contribution is 5.81. The third-order valence-electron chi connectivity index (χ3n) is 3.71. The van der Waals surface area contributed by atoms with E-state index in [4.69, 9.17) is 5.11 Å². The number of aliphatic carboxylic acids is 1. The lowest BCUT2D eigenvalue weighted by atomic mass is 10.0. The first kappa shape index (κ1) is 18.7. The third-order valence-corrected chi connectivity index (χ3v) is 3.71. The van der Waals surface area contributed by atoms with Crippen molar-refractivity contribution in [1.29, 1.82) is 0 Å². The third kappa shape index (κ3) is 5.09. The van der Waals surface area contributed by atoms with E-state index in [9.17, 15) is 9.59 Å². The molecular weight excluding hydrogens is 294 g/mol. The van der Waals surface area contributed by atoms with Crippen LogP contribution in [0.15, 0.2) is 24.3 Å². The minimum atomic E-state index is -0.897. The molecule has 2 aromatic rings. The summed E-state index contributed by atoms with van der Waals surface area (Å²) < 4.78 is 2.03. The largest absolute Gasteiger partial charge is 0.481 e. The molecule has 0 radical (unpaired) electrons. The van der Waals surface area contributed by atoms with Gasteiger partial charge >= 0.3 is 5.97 Å². The number of hydrogen-bond donors (Lipinski definition) is 2. The van der Waals surface area contributed by atoms with Crippen LogP contribution in [0.1, 0.15) is 33.4 Å². The topological polar surface area (TPSA) is 84.2 Å². The molecule has 1 heterocycles. The van der Waals surface area contributed by atoms with E-state index in [-0.39, 0.29) is 11.9 Å². The average molecular weight is 319 g/mol. The zero-order valence-electron chi connectivity index (χ0n) is 14.3. The Hall–Kier alpha value is -2.37. The predicted octanol–water partition coefficient (Wildman–Crippen LogP) is 2.60. The van der Waals surface area contributed by atoms with Crippen molar-refractivity contribution in [3.05, 3.63) is 30.0 Å². The highest BCUT2D eigenvalue weighted by Crippen LogP contribution is 2.16. The van der Waals surface area contributed by atoms with Crippen LogP contribution in [0.25, 0.3) is 10.9 Å². The SMILES string of the molecule is CC(=O)NC(C)C(C)C(=O)O.CCn1nc(C)c2ccccc21. The van der Waals surface area contributed by atoms with E-state index in [1.807, 2.05) is 4.68 Å². The minimum Gasteiger partial charge on any atom is -0.481 e. The van der Waals surface area contributed by atoms with E-state index in [1.165, 1.54) is 17.8 Å². The molecule has 0 aliphatic heterocycles. The van der Waals surface area contributed by atoms with Gasteiger partial charge in [0.1, 0.15) is 0 Å². The summed E-state index contributed by atoms with van der Waals surface area (Å²) in [4.78, 5) is 20.8. The summed E-state index contributed by atoms with van der Waals surface area (Å²) in [7, 11) is 0. The first-order chi connectivity index (χ1) is 10.8. The number of fused-ring (bicyclic) bond motifs is 1. The second kappa shape index (κ2) is 8.31. The van der Waals surface area contributed by atoms with E-state index < -0.39 is 11.9 Å². The molecule has 1 aromatic heterocycles. The van der Waals surface area contributed by atoms with Crippen molar-refractivity contribution in [3.63, 3.8) is 0 Å². The van der Waals surface area contributed by atoms with Crippen LogP contribution in [-0.2, 0) is 16.1 Å². The number of aryl methyl sites for hydroxylation is 2. The lowest BCUT2D eigenvalue weighted by Gasteiger charge is -2.15. The molecule has 1 aromatic carbocycles. The fourth-order valence-electron chi connectivity index (χ4n) is 2.19. The Labute approximate surface area is 136 Å². The van der Waals surface area contributed by atoms with E-state index in [2.05, 4.69) is 48.5 Å². The second-order valence-corrected chi connectivity index (χ2v) is 5.53. The van der Waals surface area contributed by atoms with Gasteiger partial charge in [-0.25, -0.2) is 0 Å². The number of rotatable bonds is 4. The quantitative estimate of drug-likeness (QED) is 0.907. The molecule has 0 spiro atoms. The van der Waals surface area contributed by atoms with E-state index in [1.54, 1.807) is 13.8 Å². The van der Waals surface area contributed by atoms with Gasteiger partial charge in [-0.05, 0) is 33.8 Å². The van der Waals surface area contributed by atoms with Crippen LogP contribution in [-0.4, -0.2) is 32.8 Å². The van der Waals surface area contributed by atoms with Gasteiger partial charge in [0.2, 0.25) is 5.91 Å². The van der Waals surface area contributed by atoms with Gasteiger partial charge in [-0.1, -0.05) is 18.2 Å². The van der Waals surface area contributed by atoms with Crippen LogP contribution >= 0.6 is 0 Å². The molecule has 23 heavy (non-hydrogen) atoms. The zero-order chi connectivity index (χ0) is 17.6. The lowest BCUT2D eigenvalue weighted by molar-refractivity contribution is -0.142. The number of hydrogen-bond acceptors (Lipinski definition) is 3. The molecule has 0 aliphatic carbocycles. The molecular formula is C17H25N3O3. The van der Waals surface area contributed by atoms with Crippen molar-refractivity contribution in [1.82, 2.24) is 15.1 Å². The van der Waals surface area contributed by atoms with Crippen LogP contribution < -0.4 is 5.32 Å². The zero-order valence-corrected chi connectivity index (χ0v) is 14.3. The van der Waals surface area contributed by atoms with Crippen molar-refractivity contribution >= 4 is 22.8 Å². The Morgan fingerprint density at radius 2 is 1.91 bits per heavy atom. The van der Waals surface area contributed by atoms with Gasteiger partial charge < -0.3 is 10.4 Å². The van der Waals surface area contributed by atoms with Gasteiger partial charge in [0.15, 0.2) is 0 Å². The monoisotopic (exact) mass is 319 g/mol. The number of aromatic nitrogens is 2. The summed E-state index contributed by atoms with van der Waals surface area (Å²) in [5.74, 6) is -1.64. The summed E-state index contributed by atoms with van der Waals surface area (Å²) in [6.07, 6.45) is 0. The fourth-order valence-corrected chi connectivity index (χ4v) is 2.19. The summed E-state index contributed by atoms with van der Waals surface area (Å²) in [5, 5.41) is 16.7. The fraction of sp³-hybridized carbons (Fsp3) is 0.471. The van der Waals surface area contributed by atoms with E-state index in [0.717, 1.165) is 12.2 Å². The Bertz CT molecular complexity index is 679. The lowest BCUT2D eigenvalue weighted by Crippen LogP contribution is -2.38. The number of carbonyl (C=O) groups excluding carboxylic acids is 1. The number of nitrogens with one attached hydrogen (secondary N) is 1. The first-order valence-corrected chi connectivity index (χ1v) is 7.70. The minimum absolute atomic E-state index is 0.203. The molecule has 1 amide bonds. The molecule has 6 nitrogen and oxygen atoms in total. The van der Waals surface area contributed by atoms with Crippen molar-refractivity contribution in [3.8, 4) is 0 Å². The molecule has 6 heteroatoms. The normalized spacial score (nSPS) is 12.9. The number of benzene rings is 1. The number of nitrogens with zero attached hydrogens (tertiary/aromatic N) is 2. The number of carbonyl (C=O) groups is 2. The van der Waals surface area contributed by atoms with Crippen molar-refractivity contribution in [2.45, 2.75) is 47.2 Å². The van der Waals surface area contributed by atoms with E-state index >= 15 is 0 Å². The number of carboxylic acids is 1. The van der Waals surface area contributed by atoms with Crippen LogP contribution in [0.5, 0.6) is 0 Å². The molecule has 2 unspecified atom stereocenters. The Morgan fingerprint density at radius 1 is 1.30 bits per heavy atom. The highest BCUT2D eigenvalue weighted by Gasteiger charge is 2.19. The molecule has 0 saturated carbocycles. The molecule has 126 valence electrons. The van der Waals surface area contributed by atoms with Crippen molar-refractivity contribution in [2.24, 2.45) is 5.92 Å². The maximum Gasteiger partial charge on any atom is 0.308 e. The smallest absolute Gasteiger partial charge is 0.308 e. The van der Waals surface area contributed by atoms with Crippen LogP contribution in [0.4, 0.5) is 0 Å². The van der Waals surface area contributed by atoms with Gasteiger partial charge in [-0.15, -0.1) is 0 Å². The predicted molar refractivity (Wildman–Crippen MR) is 90.2 cm³/mol. The highest BCUT2D eigenvalue weighted by atomic mass is 16.4. The van der Waals surface area contributed by atoms with Crippen molar-refractivity contribution in [2.75, 3.05) is 0 Å².